The van der Waals surface area contributed by atoms with E-state index in [1.807, 2.05) is 0 Å². The molecular weight excluding hydrogens is 299 g/mol. The maximum absolute atomic E-state index is 12.8. The summed E-state index contributed by atoms with van der Waals surface area (Å²) in [6, 6.07) is 5.28. The van der Waals surface area contributed by atoms with Crippen LogP contribution in [0.5, 0.6) is 0 Å². The molecule has 0 spiro atoms. The molecular formula is C11H7F5N4O. The van der Waals surface area contributed by atoms with E-state index in [-0.39, 0.29) is 5.69 Å². The van der Waals surface area contributed by atoms with Gasteiger partial charge in [0.2, 0.25) is 0 Å². The Morgan fingerprint density at radius 1 is 1.10 bits per heavy atom. The van der Waals surface area contributed by atoms with E-state index in [1.165, 1.54) is 46.8 Å². The van der Waals surface area contributed by atoms with Crippen LogP contribution in [0.25, 0.3) is 5.69 Å². The Bertz CT molecular complexity index is 638. The summed E-state index contributed by atoms with van der Waals surface area (Å²) in [4.78, 5) is 11.1. The Hall–Kier alpha value is -2.52. The molecule has 0 aliphatic carbocycles. The van der Waals surface area contributed by atoms with E-state index in [2.05, 4.69) is 10.2 Å². The summed E-state index contributed by atoms with van der Waals surface area (Å²) >= 11 is 0. The van der Waals surface area contributed by atoms with Crippen molar-refractivity contribution in [3.63, 3.8) is 0 Å². The minimum atomic E-state index is -5.96. The van der Waals surface area contributed by atoms with Gasteiger partial charge in [-0.3, -0.25) is 9.36 Å². The van der Waals surface area contributed by atoms with Crippen LogP contribution in [0, 0.1) is 0 Å². The molecule has 1 N–H and O–H groups in total. The van der Waals surface area contributed by atoms with E-state index < -0.39 is 18.0 Å². The minimum Gasteiger partial charge on any atom is -0.320 e. The normalized spacial score (nSPS) is 12.2. The standard InChI is InChI=1S/C11H7F5N4O/c12-10(13,11(14,15)16)9(21)19-7-2-1-3-8(4-7)20-5-17-18-6-20/h1-6H,(H,19,21). The van der Waals surface area contributed by atoms with Crippen molar-refractivity contribution in [2.75, 3.05) is 5.32 Å². The Kier molecular flexibility index (Phi) is 3.62. The third-order valence-corrected chi connectivity index (χ3v) is 2.46. The molecule has 5 nitrogen and oxygen atoms in total. The summed E-state index contributed by atoms with van der Waals surface area (Å²) in [5.41, 5.74) is 0.170. The monoisotopic (exact) mass is 306 g/mol. The maximum Gasteiger partial charge on any atom is 0.463 e. The third kappa shape index (κ3) is 2.98. The molecule has 21 heavy (non-hydrogen) atoms. The van der Waals surface area contributed by atoms with E-state index >= 15 is 0 Å². The zero-order chi connectivity index (χ0) is 15.7. The van der Waals surface area contributed by atoms with Crippen LogP contribution < -0.4 is 5.32 Å². The molecule has 112 valence electrons. The lowest BCUT2D eigenvalue weighted by molar-refractivity contribution is -0.267. The minimum absolute atomic E-state index is 0.213. The average molecular weight is 306 g/mol. The molecule has 1 aromatic heterocycles. The summed E-state index contributed by atoms with van der Waals surface area (Å²) in [6.07, 6.45) is -3.36. The summed E-state index contributed by atoms with van der Waals surface area (Å²) in [7, 11) is 0. The number of aromatic nitrogens is 3. The fourth-order valence-electron chi connectivity index (χ4n) is 1.42. The second kappa shape index (κ2) is 5.11. The van der Waals surface area contributed by atoms with Crippen LogP contribution in [0.15, 0.2) is 36.9 Å². The average Bonchev–Trinajstić information content (AvgIpc) is 2.91. The summed E-state index contributed by atoms with van der Waals surface area (Å²) in [6.45, 7) is 0. The first-order valence-electron chi connectivity index (χ1n) is 5.43. The lowest BCUT2D eigenvalue weighted by Gasteiger charge is -2.18. The van der Waals surface area contributed by atoms with Gasteiger partial charge >= 0.3 is 18.0 Å². The van der Waals surface area contributed by atoms with Crippen molar-refractivity contribution >= 4 is 11.6 Å². The van der Waals surface area contributed by atoms with Crippen LogP contribution >= 0.6 is 0 Å². The molecule has 0 radical (unpaired) electrons. The summed E-state index contributed by atoms with van der Waals surface area (Å²) < 4.78 is 63.2. The number of anilines is 1. The molecule has 1 amide bonds. The lowest BCUT2D eigenvalue weighted by atomic mass is 10.2. The third-order valence-electron chi connectivity index (χ3n) is 2.46. The van der Waals surface area contributed by atoms with E-state index in [4.69, 9.17) is 0 Å². The van der Waals surface area contributed by atoms with Crippen molar-refractivity contribution in [3.05, 3.63) is 36.9 Å². The van der Waals surface area contributed by atoms with Gasteiger partial charge in [-0.2, -0.15) is 22.0 Å². The highest BCUT2D eigenvalue weighted by molar-refractivity contribution is 5.96. The first-order valence-corrected chi connectivity index (χ1v) is 5.43. The van der Waals surface area contributed by atoms with Crippen molar-refractivity contribution < 1.29 is 26.7 Å². The molecule has 1 aromatic carbocycles. The van der Waals surface area contributed by atoms with Crippen molar-refractivity contribution in [2.45, 2.75) is 12.1 Å². The Balaban J connectivity index is 2.21. The number of carbonyl (C=O) groups excluding carboxylic acids is 1. The molecule has 2 rings (SSSR count). The fraction of sp³-hybridized carbons (Fsp3) is 0.182. The highest BCUT2D eigenvalue weighted by Crippen LogP contribution is 2.36. The number of rotatable bonds is 3. The maximum atomic E-state index is 12.8. The zero-order valence-electron chi connectivity index (χ0n) is 10.1. The first kappa shape index (κ1) is 14.9. The Morgan fingerprint density at radius 2 is 1.71 bits per heavy atom. The molecule has 0 saturated heterocycles. The van der Waals surface area contributed by atoms with Gasteiger partial charge < -0.3 is 5.32 Å². The number of hydrogen-bond acceptors (Lipinski definition) is 3. The van der Waals surface area contributed by atoms with Gasteiger partial charge in [-0.15, -0.1) is 10.2 Å². The number of nitrogens with one attached hydrogen (secondary N) is 1. The molecule has 0 unspecified atom stereocenters. The van der Waals surface area contributed by atoms with E-state index in [0.717, 1.165) is 0 Å². The SMILES string of the molecule is O=C(Nc1cccc(-n2cnnc2)c1)C(F)(F)C(F)(F)F. The van der Waals surface area contributed by atoms with Crippen molar-refractivity contribution in [1.29, 1.82) is 0 Å². The van der Waals surface area contributed by atoms with Crippen LogP contribution in [0.1, 0.15) is 0 Å². The molecule has 1 heterocycles. The van der Waals surface area contributed by atoms with Gasteiger partial charge in [0, 0.05) is 5.69 Å². The summed E-state index contributed by atoms with van der Waals surface area (Å²) in [5.74, 6) is -7.92. The quantitative estimate of drug-likeness (QED) is 0.886. The zero-order valence-corrected chi connectivity index (χ0v) is 10.1. The molecule has 0 aliphatic rings. The first-order chi connectivity index (χ1) is 9.72. The predicted molar refractivity (Wildman–Crippen MR) is 61.0 cm³/mol. The topological polar surface area (TPSA) is 59.8 Å². The van der Waals surface area contributed by atoms with Crippen LogP contribution in [-0.2, 0) is 4.79 Å². The van der Waals surface area contributed by atoms with Gasteiger partial charge in [0.25, 0.3) is 0 Å². The molecule has 10 heteroatoms. The largest absolute Gasteiger partial charge is 0.463 e. The van der Waals surface area contributed by atoms with E-state index in [9.17, 15) is 26.7 Å². The Labute approximate surface area is 114 Å². The number of halogens is 5. The van der Waals surface area contributed by atoms with Crippen molar-refractivity contribution in [1.82, 2.24) is 14.8 Å². The number of alkyl halides is 5. The van der Waals surface area contributed by atoms with Crippen molar-refractivity contribution in [3.8, 4) is 5.69 Å². The number of nitrogens with zero attached hydrogens (tertiary/aromatic N) is 3. The van der Waals surface area contributed by atoms with E-state index in [1.54, 1.807) is 0 Å². The van der Waals surface area contributed by atoms with Crippen LogP contribution in [0.4, 0.5) is 27.6 Å². The number of carbonyl (C=O) groups is 1. The van der Waals surface area contributed by atoms with Crippen LogP contribution in [-0.4, -0.2) is 32.8 Å². The van der Waals surface area contributed by atoms with Crippen LogP contribution in [0.3, 0.4) is 0 Å². The number of hydrogen-bond donors (Lipinski definition) is 1. The molecule has 2 aromatic rings. The van der Waals surface area contributed by atoms with Gasteiger partial charge in [0.15, 0.2) is 0 Å². The van der Waals surface area contributed by atoms with Crippen LogP contribution in [0.2, 0.25) is 0 Å². The lowest BCUT2D eigenvalue weighted by Crippen LogP contribution is -2.47. The second-order valence-corrected chi connectivity index (χ2v) is 3.95. The summed E-state index contributed by atoms with van der Waals surface area (Å²) in [5, 5.41) is 8.56. The predicted octanol–water partition coefficient (Wildman–Crippen LogP) is 2.40. The molecule has 0 fully saturated rings. The van der Waals surface area contributed by atoms with Gasteiger partial charge in [0.05, 0.1) is 5.69 Å². The van der Waals surface area contributed by atoms with Crippen molar-refractivity contribution in [2.24, 2.45) is 0 Å². The molecule has 0 bridgehead atoms. The van der Waals surface area contributed by atoms with E-state index in [0.29, 0.717) is 5.69 Å². The van der Waals surface area contributed by atoms with Gasteiger partial charge in [-0.1, -0.05) is 6.07 Å². The van der Waals surface area contributed by atoms with Gasteiger partial charge in [-0.25, -0.2) is 0 Å². The number of amides is 1. The molecule has 0 saturated carbocycles. The van der Waals surface area contributed by atoms with Gasteiger partial charge in [-0.05, 0) is 18.2 Å². The molecule has 0 atom stereocenters. The highest BCUT2D eigenvalue weighted by atomic mass is 19.4. The highest BCUT2D eigenvalue weighted by Gasteiger charge is 2.63. The smallest absolute Gasteiger partial charge is 0.320 e. The Morgan fingerprint density at radius 3 is 2.29 bits per heavy atom. The van der Waals surface area contributed by atoms with Gasteiger partial charge in [0.1, 0.15) is 12.7 Å². The number of benzene rings is 1. The second-order valence-electron chi connectivity index (χ2n) is 3.95. The fourth-order valence-corrected chi connectivity index (χ4v) is 1.42. The molecule has 0 aliphatic heterocycles.